The number of para-hydroxylation sites is 1. The Balaban J connectivity index is 2.33. The van der Waals surface area contributed by atoms with Crippen molar-refractivity contribution in [2.75, 3.05) is 16.8 Å². The molecule has 0 aliphatic heterocycles. The molecule has 0 unspecified atom stereocenters. The van der Waals surface area contributed by atoms with Gasteiger partial charge in [-0.3, -0.25) is 9.59 Å². The van der Waals surface area contributed by atoms with Gasteiger partial charge in [0.2, 0.25) is 11.8 Å². The molecule has 0 spiro atoms. The Morgan fingerprint density at radius 1 is 1.25 bits per heavy atom. The second kappa shape index (κ2) is 8.21. The first kappa shape index (κ1) is 16.0. The van der Waals surface area contributed by atoms with E-state index in [1.807, 2.05) is 6.07 Å². The lowest BCUT2D eigenvalue weighted by Gasteiger charge is -2.12. The van der Waals surface area contributed by atoms with Crippen LogP contribution >= 0.6 is 11.8 Å². The first-order chi connectivity index (χ1) is 9.49. The zero-order valence-corrected chi connectivity index (χ0v) is 11.8. The molecular formula is C13H16N2O4S. The summed E-state index contributed by atoms with van der Waals surface area (Å²) in [6.45, 7) is 1.25. The van der Waals surface area contributed by atoms with Gasteiger partial charge < -0.3 is 15.7 Å². The van der Waals surface area contributed by atoms with E-state index in [-0.39, 0.29) is 17.4 Å². The third kappa shape index (κ3) is 6.24. The molecule has 1 aromatic carbocycles. The molecule has 3 N–H and O–H groups in total. The summed E-state index contributed by atoms with van der Waals surface area (Å²) in [5.74, 6) is -1.48. The second-order valence-corrected chi connectivity index (χ2v) is 5.05. The molecule has 6 nitrogen and oxygen atoms in total. The minimum atomic E-state index is -1.11. The largest absolute Gasteiger partial charge is 0.480 e. The van der Waals surface area contributed by atoms with Gasteiger partial charge in [0.05, 0.1) is 5.75 Å². The number of carboxylic acids is 1. The number of carboxylic acid groups (broad SMARTS) is 1. The number of hydrogen-bond donors (Lipinski definition) is 3. The maximum absolute atomic E-state index is 11.6. The lowest BCUT2D eigenvalue weighted by atomic mass is 10.3. The number of carbonyl (C=O) groups excluding carboxylic acids is 2. The normalized spacial score (nSPS) is 11.4. The molecule has 20 heavy (non-hydrogen) atoms. The summed E-state index contributed by atoms with van der Waals surface area (Å²) in [5.41, 5.74) is 0.690. The van der Waals surface area contributed by atoms with Crippen LogP contribution in [-0.4, -0.2) is 40.4 Å². The predicted octanol–water partition coefficient (Wildman–Crippen LogP) is 0.948. The van der Waals surface area contributed by atoms with E-state index in [9.17, 15) is 14.4 Å². The molecule has 0 fully saturated rings. The number of amides is 2. The maximum atomic E-state index is 11.6. The fourth-order valence-electron chi connectivity index (χ4n) is 1.41. The zero-order chi connectivity index (χ0) is 15.0. The lowest BCUT2D eigenvalue weighted by molar-refractivity contribution is -0.140. The van der Waals surface area contributed by atoms with Crippen LogP contribution in [0.2, 0.25) is 0 Å². The molecule has 0 radical (unpaired) electrons. The van der Waals surface area contributed by atoms with Gasteiger partial charge in [-0.25, -0.2) is 4.79 Å². The van der Waals surface area contributed by atoms with Crippen LogP contribution < -0.4 is 10.6 Å². The fourth-order valence-corrected chi connectivity index (χ4v) is 2.25. The highest BCUT2D eigenvalue weighted by Crippen LogP contribution is 2.08. The summed E-state index contributed by atoms with van der Waals surface area (Å²) in [4.78, 5) is 33.3. The molecule has 7 heteroatoms. The predicted molar refractivity (Wildman–Crippen MR) is 77.6 cm³/mol. The van der Waals surface area contributed by atoms with E-state index in [2.05, 4.69) is 10.6 Å². The highest BCUT2D eigenvalue weighted by molar-refractivity contribution is 8.00. The van der Waals surface area contributed by atoms with E-state index in [4.69, 9.17) is 5.11 Å². The van der Waals surface area contributed by atoms with E-state index >= 15 is 0 Å². The van der Waals surface area contributed by atoms with Crippen molar-refractivity contribution in [3.63, 3.8) is 0 Å². The second-order valence-electron chi connectivity index (χ2n) is 4.02. The average Bonchev–Trinajstić information content (AvgIpc) is 2.38. The van der Waals surface area contributed by atoms with Gasteiger partial charge in [0, 0.05) is 18.4 Å². The van der Waals surface area contributed by atoms with Crippen molar-refractivity contribution in [3.05, 3.63) is 30.3 Å². The minimum absolute atomic E-state index is 0.123. The maximum Gasteiger partial charge on any atom is 0.327 e. The number of benzene rings is 1. The number of aliphatic carboxylic acids is 1. The first-order valence-electron chi connectivity index (χ1n) is 5.91. The minimum Gasteiger partial charge on any atom is -0.480 e. The molecule has 0 saturated carbocycles. The van der Waals surface area contributed by atoms with E-state index in [1.54, 1.807) is 24.3 Å². The van der Waals surface area contributed by atoms with Crippen LogP contribution in [0.25, 0.3) is 0 Å². The molecule has 0 heterocycles. The van der Waals surface area contributed by atoms with Gasteiger partial charge in [0.1, 0.15) is 6.04 Å². The molecule has 0 aromatic heterocycles. The van der Waals surface area contributed by atoms with E-state index in [1.165, 1.54) is 6.92 Å². The van der Waals surface area contributed by atoms with Crippen molar-refractivity contribution in [1.29, 1.82) is 0 Å². The smallest absolute Gasteiger partial charge is 0.327 e. The Kier molecular flexibility index (Phi) is 6.58. The Bertz CT molecular complexity index is 479. The van der Waals surface area contributed by atoms with Crippen molar-refractivity contribution >= 4 is 35.2 Å². The van der Waals surface area contributed by atoms with E-state index in [0.29, 0.717) is 5.69 Å². The van der Waals surface area contributed by atoms with Crippen LogP contribution in [0.5, 0.6) is 0 Å². The monoisotopic (exact) mass is 296 g/mol. The highest BCUT2D eigenvalue weighted by atomic mass is 32.2. The molecular weight excluding hydrogens is 280 g/mol. The molecule has 0 aliphatic carbocycles. The van der Waals surface area contributed by atoms with Crippen molar-refractivity contribution < 1.29 is 19.5 Å². The standard InChI is InChI=1S/C13H16N2O4S/c1-9(16)14-11(13(18)19)7-20-8-12(17)15-10-5-3-2-4-6-10/h2-6,11H,7-8H2,1H3,(H,14,16)(H,15,17)(H,18,19)/t11-/m0/s1. The molecule has 1 atom stereocenters. The van der Waals surface area contributed by atoms with Crippen LogP contribution in [-0.2, 0) is 14.4 Å². The third-order valence-electron chi connectivity index (χ3n) is 2.25. The van der Waals surface area contributed by atoms with Gasteiger partial charge in [-0.2, -0.15) is 0 Å². The van der Waals surface area contributed by atoms with Crippen LogP contribution in [0, 0.1) is 0 Å². The Morgan fingerprint density at radius 2 is 1.90 bits per heavy atom. The Hall–Kier alpha value is -2.02. The SMILES string of the molecule is CC(=O)N[C@@H](CSCC(=O)Nc1ccccc1)C(=O)O. The molecule has 108 valence electrons. The summed E-state index contributed by atoms with van der Waals surface area (Å²) in [6, 6.07) is 8.00. The Morgan fingerprint density at radius 3 is 2.45 bits per heavy atom. The summed E-state index contributed by atoms with van der Waals surface area (Å²) < 4.78 is 0. The fraction of sp³-hybridized carbons (Fsp3) is 0.308. The van der Waals surface area contributed by atoms with Crippen LogP contribution in [0.1, 0.15) is 6.92 Å². The van der Waals surface area contributed by atoms with Crippen LogP contribution in [0.4, 0.5) is 5.69 Å². The number of thioether (sulfide) groups is 1. The third-order valence-corrected chi connectivity index (χ3v) is 3.29. The van der Waals surface area contributed by atoms with Gasteiger partial charge in [0.25, 0.3) is 0 Å². The summed E-state index contributed by atoms with van der Waals surface area (Å²) in [5, 5.41) is 13.9. The summed E-state index contributed by atoms with van der Waals surface area (Å²) in [6.07, 6.45) is 0. The van der Waals surface area contributed by atoms with Gasteiger partial charge in [-0.15, -0.1) is 11.8 Å². The average molecular weight is 296 g/mol. The van der Waals surface area contributed by atoms with Crippen LogP contribution in [0.3, 0.4) is 0 Å². The summed E-state index contributed by atoms with van der Waals surface area (Å²) in [7, 11) is 0. The quantitative estimate of drug-likeness (QED) is 0.696. The molecule has 2 amide bonds. The number of anilines is 1. The van der Waals surface area contributed by atoms with Crippen molar-refractivity contribution in [2.24, 2.45) is 0 Å². The van der Waals surface area contributed by atoms with Crippen molar-refractivity contribution in [1.82, 2.24) is 5.32 Å². The van der Waals surface area contributed by atoms with Gasteiger partial charge in [0.15, 0.2) is 0 Å². The van der Waals surface area contributed by atoms with E-state index in [0.717, 1.165) is 11.8 Å². The first-order valence-corrected chi connectivity index (χ1v) is 7.07. The molecule has 0 saturated heterocycles. The highest BCUT2D eigenvalue weighted by Gasteiger charge is 2.18. The Labute approximate surface area is 120 Å². The molecule has 1 rings (SSSR count). The summed E-state index contributed by atoms with van der Waals surface area (Å²) >= 11 is 1.15. The number of hydrogen-bond acceptors (Lipinski definition) is 4. The van der Waals surface area contributed by atoms with Gasteiger partial charge in [-0.1, -0.05) is 18.2 Å². The van der Waals surface area contributed by atoms with E-state index < -0.39 is 17.9 Å². The number of nitrogens with one attached hydrogen (secondary N) is 2. The molecule has 0 bridgehead atoms. The molecule has 0 aliphatic rings. The van der Waals surface area contributed by atoms with Gasteiger partial charge >= 0.3 is 5.97 Å². The van der Waals surface area contributed by atoms with Crippen molar-refractivity contribution in [2.45, 2.75) is 13.0 Å². The van der Waals surface area contributed by atoms with Crippen molar-refractivity contribution in [3.8, 4) is 0 Å². The lowest BCUT2D eigenvalue weighted by Crippen LogP contribution is -2.41. The zero-order valence-electron chi connectivity index (χ0n) is 11.0. The number of rotatable bonds is 7. The van der Waals surface area contributed by atoms with Crippen LogP contribution in [0.15, 0.2) is 30.3 Å². The number of carbonyl (C=O) groups is 3. The van der Waals surface area contributed by atoms with Gasteiger partial charge in [-0.05, 0) is 12.1 Å². The molecule has 1 aromatic rings. The topological polar surface area (TPSA) is 95.5 Å².